The zero-order valence-electron chi connectivity index (χ0n) is 13.1. The van der Waals surface area contributed by atoms with Crippen LogP contribution in [0.4, 0.5) is 0 Å². The highest BCUT2D eigenvalue weighted by atomic mass is 16.3. The minimum atomic E-state index is -0.679. The Kier molecular flexibility index (Phi) is 3.87. The first-order valence-electron chi connectivity index (χ1n) is 7.82. The number of nitrogens with one attached hydrogen (secondary N) is 1. The van der Waals surface area contributed by atoms with Gasteiger partial charge in [-0.05, 0) is 50.3 Å². The molecule has 22 heavy (non-hydrogen) atoms. The molecule has 0 unspecified atom stereocenters. The average molecular weight is 298 g/mol. The Morgan fingerprint density at radius 2 is 2.05 bits per heavy atom. The fourth-order valence-corrected chi connectivity index (χ4v) is 3.08. The molecule has 2 aromatic rings. The number of carbonyl (C=O) groups is 1. The number of para-hydroxylation sites is 1. The van der Waals surface area contributed by atoms with Gasteiger partial charge in [-0.3, -0.25) is 9.78 Å². The Labute approximate surface area is 130 Å². The Morgan fingerprint density at radius 3 is 2.73 bits per heavy atom. The van der Waals surface area contributed by atoms with E-state index in [-0.39, 0.29) is 5.91 Å². The summed E-state index contributed by atoms with van der Waals surface area (Å²) in [6.45, 7) is 4.34. The van der Waals surface area contributed by atoms with Crippen molar-refractivity contribution in [1.82, 2.24) is 10.3 Å². The van der Waals surface area contributed by atoms with E-state index in [0.29, 0.717) is 13.0 Å². The Morgan fingerprint density at radius 1 is 1.32 bits per heavy atom. The van der Waals surface area contributed by atoms with E-state index in [1.165, 1.54) is 0 Å². The van der Waals surface area contributed by atoms with E-state index < -0.39 is 5.60 Å². The maximum absolute atomic E-state index is 12.2. The van der Waals surface area contributed by atoms with Crippen LogP contribution in [-0.2, 0) is 11.2 Å². The van der Waals surface area contributed by atoms with Gasteiger partial charge in [0.25, 0.3) is 0 Å². The van der Waals surface area contributed by atoms with Crippen molar-refractivity contribution in [2.24, 2.45) is 0 Å². The predicted molar refractivity (Wildman–Crippen MR) is 86.7 cm³/mol. The molecule has 116 valence electrons. The molecule has 1 aromatic heterocycles. The smallest absolute Gasteiger partial charge is 0.224 e. The van der Waals surface area contributed by atoms with Crippen LogP contribution in [0, 0.1) is 13.8 Å². The molecule has 4 nitrogen and oxygen atoms in total. The van der Waals surface area contributed by atoms with E-state index in [9.17, 15) is 9.90 Å². The van der Waals surface area contributed by atoms with E-state index in [1.807, 2.05) is 38.1 Å². The largest absolute Gasteiger partial charge is 0.388 e. The van der Waals surface area contributed by atoms with Crippen LogP contribution in [0.15, 0.2) is 24.3 Å². The van der Waals surface area contributed by atoms with Gasteiger partial charge < -0.3 is 10.4 Å². The third-order valence-corrected chi connectivity index (χ3v) is 4.72. The molecule has 0 atom stereocenters. The third kappa shape index (κ3) is 2.83. The topological polar surface area (TPSA) is 62.2 Å². The minimum absolute atomic E-state index is 0.0522. The maximum atomic E-state index is 12.2. The van der Waals surface area contributed by atoms with Crippen LogP contribution in [0.3, 0.4) is 0 Å². The average Bonchev–Trinajstić information content (AvgIpc) is 2.47. The lowest BCUT2D eigenvalue weighted by atomic mass is 9.80. The van der Waals surface area contributed by atoms with Gasteiger partial charge >= 0.3 is 0 Å². The van der Waals surface area contributed by atoms with Crippen molar-refractivity contribution in [2.75, 3.05) is 6.54 Å². The van der Waals surface area contributed by atoms with Crippen molar-refractivity contribution in [3.63, 3.8) is 0 Å². The van der Waals surface area contributed by atoms with Crippen LogP contribution >= 0.6 is 0 Å². The quantitative estimate of drug-likeness (QED) is 0.911. The van der Waals surface area contributed by atoms with Crippen molar-refractivity contribution >= 4 is 16.8 Å². The molecular weight excluding hydrogens is 276 g/mol. The van der Waals surface area contributed by atoms with Gasteiger partial charge in [-0.15, -0.1) is 0 Å². The Hall–Kier alpha value is -1.94. The van der Waals surface area contributed by atoms with Crippen molar-refractivity contribution in [2.45, 2.75) is 45.1 Å². The fraction of sp³-hybridized carbons (Fsp3) is 0.444. The number of fused-ring (bicyclic) bond motifs is 1. The number of amides is 1. The van der Waals surface area contributed by atoms with Gasteiger partial charge in [0, 0.05) is 17.6 Å². The first-order valence-corrected chi connectivity index (χ1v) is 7.82. The molecule has 3 rings (SSSR count). The van der Waals surface area contributed by atoms with Crippen molar-refractivity contribution < 1.29 is 9.90 Å². The second-order valence-corrected chi connectivity index (χ2v) is 6.35. The van der Waals surface area contributed by atoms with Crippen LogP contribution in [-0.4, -0.2) is 28.1 Å². The molecular formula is C18H22N2O2. The third-order valence-electron chi connectivity index (χ3n) is 4.72. The molecule has 0 spiro atoms. The number of benzene rings is 1. The standard InChI is InChI=1S/C18H22N2O2/c1-12-14-6-3-4-7-16(14)20-13(2)15(12)10-17(21)19-11-18(22)8-5-9-18/h3-4,6-7,22H,5,8-11H2,1-2H3,(H,19,21). The number of aryl methyl sites for hydroxylation is 2. The van der Waals surface area contributed by atoms with Crippen LogP contribution in [0.25, 0.3) is 10.9 Å². The van der Waals surface area contributed by atoms with E-state index in [0.717, 1.165) is 47.0 Å². The zero-order valence-corrected chi connectivity index (χ0v) is 13.1. The number of pyridine rings is 1. The normalized spacial score (nSPS) is 16.3. The van der Waals surface area contributed by atoms with Gasteiger partial charge in [-0.2, -0.15) is 0 Å². The SMILES string of the molecule is Cc1nc2ccccc2c(C)c1CC(=O)NCC1(O)CCC1. The predicted octanol–water partition coefficient (Wildman–Crippen LogP) is 2.43. The summed E-state index contributed by atoms with van der Waals surface area (Å²) in [6, 6.07) is 7.99. The first kappa shape index (κ1) is 15.0. The zero-order chi connectivity index (χ0) is 15.7. The molecule has 0 radical (unpaired) electrons. The molecule has 2 N–H and O–H groups in total. The molecule has 0 aliphatic heterocycles. The molecule has 1 aromatic carbocycles. The molecule has 1 saturated carbocycles. The lowest BCUT2D eigenvalue weighted by Gasteiger charge is -2.36. The Bertz CT molecular complexity index is 720. The first-order chi connectivity index (χ1) is 10.5. The highest BCUT2D eigenvalue weighted by Gasteiger charge is 2.34. The van der Waals surface area contributed by atoms with Crippen molar-refractivity contribution in [3.8, 4) is 0 Å². The van der Waals surface area contributed by atoms with Gasteiger partial charge in [0.2, 0.25) is 5.91 Å². The summed E-state index contributed by atoms with van der Waals surface area (Å²) in [6.07, 6.45) is 2.91. The van der Waals surface area contributed by atoms with Gasteiger partial charge in [0.05, 0.1) is 17.5 Å². The monoisotopic (exact) mass is 298 g/mol. The number of nitrogens with zero attached hydrogens (tertiary/aromatic N) is 1. The highest BCUT2D eigenvalue weighted by Crippen LogP contribution is 2.30. The summed E-state index contributed by atoms with van der Waals surface area (Å²) >= 11 is 0. The maximum Gasteiger partial charge on any atom is 0.224 e. The number of aromatic nitrogens is 1. The number of carbonyl (C=O) groups excluding carboxylic acids is 1. The van der Waals surface area contributed by atoms with E-state index >= 15 is 0 Å². The van der Waals surface area contributed by atoms with Gasteiger partial charge in [-0.1, -0.05) is 18.2 Å². The van der Waals surface area contributed by atoms with Crippen LogP contribution in [0.2, 0.25) is 0 Å². The van der Waals surface area contributed by atoms with E-state index in [2.05, 4.69) is 10.3 Å². The van der Waals surface area contributed by atoms with E-state index in [4.69, 9.17) is 0 Å². The summed E-state index contributed by atoms with van der Waals surface area (Å²) in [7, 11) is 0. The minimum Gasteiger partial charge on any atom is -0.388 e. The number of rotatable bonds is 4. The van der Waals surface area contributed by atoms with E-state index in [1.54, 1.807) is 0 Å². The van der Waals surface area contributed by atoms with Crippen LogP contribution < -0.4 is 5.32 Å². The number of aliphatic hydroxyl groups is 1. The molecule has 1 fully saturated rings. The lowest BCUT2D eigenvalue weighted by molar-refractivity contribution is -0.122. The summed E-state index contributed by atoms with van der Waals surface area (Å²) in [5.74, 6) is -0.0522. The van der Waals surface area contributed by atoms with Crippen molar-refractivity contribution in [1.29, 1.82) is 0 Å². The fourth-order valence-electron chi connectivity index (χ4n) is 3.08. The summed E-state index contributed by atoms with van der Waals surface area (Å²) in [4.78, 5) is 16.8. The molecule has 0 saturated heterocycles. The van der Waals surface area contributed by atoms with Crippen LogP contribution in [0.1, 0.15) is 36.1 Å². The lowest BCUT2D eigenvalue weighted by Crippen LogP contribution is -2.48. The molecule has 1 amide bonds. The summed E-state index contributed by atoms with van der Waals surface area (Å²) < 4.78 is 0. The van der Waals surface area contributed by atoms with Gasteiger partial charge in [0.15, 0.2) is 0 Å². The molecule has 1 aliphatic carbocycles. The summed E-state index contributed by atoms with van der Waals surface area (Å²) in [5.41, 5.74) is 3.28. The molecule has 1 heterocycles. The highest BCUT2D eigenvalue weighted by molar-refractivity contribution is 5.86. The van der Waals surface area contributed by atoms with Gasteiger partial charge in [0.1, 0.15) is 0 Å². The van der Waals surface area contributed by atoms with Crippen LogP contribution in [0.5, 0.6) is 0 Å². The number of hydrogen-bond donors (Lipinski definition) is 2. The Balaban J connectivity index is 1.76. The second kappa shape index (κ2) is 5.69. The molecule has 4 heteroatoms. The van der Waals surface area contributed by atoms with Gasteiger partial charge in [-0.25, -0.2) is 0 Å². The van der Waals surface area contributed by atoms with Crippen molar-refractivity contribution in [3.05, 3.63) is 41.1 Å². The second-order valence-electron chi connectivity index (χ2n) is 6.35. The molecule has 1 aliphatic rings. The molecule has 0 bridgehead atoms. The summed E-state index contributed by atoms with van der Waals surface area (Å²) in [5, 5.41) is 14.0. The number of hydrogen-bond acceptors (Lipinski definition) is 3.